The smallest absolute Gasteiger partial charge is 0.419 e. The second kappa shape index (κ2) is 5.63. The first-order valence-electron chi connectivity index (χ1n) is 7.09. The van der Waals surface area contributed by atoms with Crippen LogP contribution in [0.1, 0.15) is 34.2 Å². The summed E-state index contributed by atoms with van der Waals surface area (Å²) in [6, 6.07) is 5.47. The molecule has 5 nitrogen and oxygen atoms in total. The van der Waals surface area contributed by atoms with E-state index in [0.717, 1.165) is 10.6 Å². The zero-order valence-electron chi connectivity index (χ0n) is 12.5. The molecule has 124 valence electrons. The zero-order chi connectivity index (χ0) is 17.5. The van der Waals surface area contributed by atoms with Gasteiger partial charge in [0, 0.05) is 18.0 Å². The van der Waals surface area contributed by atoms with Crippen molar-refractivity contribution in [1.82, 2.24) is 14.4 Å². The van der Waals surface area contributed by atoms with Gasteiger partial charge in [0.05, 0.1) is 11.3 Å². The highest BCUT2D eigenvalue weighted by Gasteiger charge is 2.32. The molecule has 0 unspecified atom stereocenters. The van der Waals surface area contributed by atoms with Crippen LogP contribution in [0.25, 0.3) is 5.78 Å². The molecule has 0 saturated carbocycles. The molecule has 24 heavy (non-hydrogen) atoms. The van der Waals surface area contributed by atoms with Gasteiger partial charge in [0.1, 0.15) is 11.4 Å². The fourth-order valence-corrected chi connectivity index (χ4v) is 2.36. The molecule has 0 amide bonds. The number of hydrogen-bond acceptors (Lipinski definition) is 4. The second-order valence-electron chi connectivity index (χ2n) is 5.15. The van der Waals surface area contributed by atoms with E-state index in [4.69, 9.17) is 0 Å². The molecule has 2 aromatic heterocycles. The van der Waals surface area contributed by atoms with Gasteiger partial charge in [-0.2, -0.15) is 13.2 Å². The number of nitrogens with zero attached hydrogens (tertiary/aromatic N) is 3. The van der Waals surface area contributed by atoms with Crippen molar-refractivity contribution in [2.45, 2.75) is 19.5 Å². The minimum atomic E-state index is -4.57. The highest BCUT2D eigenvalue weighted by molar-refractivity contribution is 6.09. The Morgan fingerprint density at radius 3 is 2.50 bits per heavy atom. The van der Waals surface area contributed by atoms with Gasteiger partial charge in [-0.3, -0.25) is 9.20 Å². The molecule has 8 heteroatoms. The van der Waals surface area contributed by atoms with Gasteiger partial charge in [-0.1, -0.05) is 6.92 Å². The Morgan fingerprint density at radius 1 is 1.25 bits per heavy atom. The number of aromatic nitrogens is 3. The van der Waals surface area contributed by atoms with E-state index in [0.29, 0.717) is 18.3 Å². The van der Waals surface area contributed by atoms with Crippen molar-refractivity contribution in [3.05, 3.63) is 59.2 Å². The van der Waals surface area contributed by atoms with E-state index in [1.165, 1.54) is 24.3 Å². The van der Waals surface area contributed by atoms with E-state index in [2.05, 4.69) is 9.97 Å². The van der Waals surface area contributed by atoms with Gasteiger partial charge in [-0.15, -0.1) is 0 Å². The lowest BCUT2D eigenvalue weighted by Crippen LogP contribution is -2.11. The molecule has 0 aliphatic rings. The van der Waals surface area contributed by atoms with Crippen molar-refractivity contribution < 1.29 is 23.1 Å². The fraction of sp³-hybridized carbons (Fsp3) is 0.188. The molecule has 3 aromatic rings. The van der Waals surface area contributed by atoms with Crippen LogP contribution in [0.4, 0.5) is 13.2 Å². The lowest BCUT2D eigenvalue weighted by Gasteiger charge is -2.08. The maximum atomic E-state index is 12.9. The van der Waals surface area contributed by atoms with Gasteiger partial charge >= 0.3 is 6.18 Å². The van der Waals surface area contributed by atoms with Gasteiger partial charge in [0.2, 0.25) is 11.6 Å². The van der Waals surface area contributed by atoms with Crippen LogP contribution in [-0.2, 0) is 12.6 Å². The van der Waals surface area contributed by atoms with E-state index >= 15 is 0 Å². The number of hydrogen-bond donors (Lipinski definition) is 1. The number of carbonyl (C=O) groups excluding carboxylic acids is 1. The molecule has 0 radical (unpaired) electrons. The summed E-state index contributed by atoms with van der Waals surface area (Å²) in [6.07, 6.45) is -2.70. The van der Waals surface area contributed by atoms with Crippen LogP contribution >= 0.6 is 0 Å². The molecule has 0 aliphatic carbocycles. The van der Waals surface area contributed by atoms with Crippen molar-refractivity contribution in [2.75, 3.05) is 0 Å². The first-order chi connectivity index (χ1) is 11.3. The van der Waals surface area contributed by atoms with Crippen molar-refractivity contribution >= 4 is 11.6 Å². The van der Waals surface area contributed by atoms with E-state index < -0.39 is 17.5 Å². The average Bonchev–Trinajstić information content (AvgIpc) is 2.91. The molecule has 1 aromatic carbocycles. The van der Waals surface area contributed by atoms with Crippen LogP contribution in [0.5, 0.6) is 5.75 Å². The molecule has 2 heterocycles. The Hall–Kier alpha value is -2.90. The number of carbonyl (C=O) groups is 1. The number of rotatable bonds is 3. The van der Waals surface area contributed by atoms with Gasteiger partial charge in [-0.25, -0.2) is 9.97 Å². The monoisotopic (exact) mass is 335 g/mol. The first-order valence-corrected chi connectivity index (χ1v) is 7.09. The van der Waals surface area contributed by atoms with E-state index in [1.807, 2.05) is 0 Å². The third-order valence-corrected chi connectivity index (χ3v) is 3.56. The van der Waals surface area contributed by atoms with Crippen LogP contribution in [-0.4, -0.2) is 25.3 Å². The zero-order valence-corrected chi connectivity index (χ0v) is 12.5. The number of halogens is 3. The molecular weight excluding hydrogens is 323 g/mol. The topological polar surface area (TPSA) is 67.5 Å². The summed E-state index contributed by atoms with van der Waals surface area (Å²) in [5, 5.41) is 9.30. The molecule has 3 rings (SSSR count). The van der Waals surface area contributed by atoms with Crippen LogP contribution in [0.2, 0.25) is 0 Å². The van der Waals surface area contributed by atoms with Gasteiger partial charge in [0.15, 0.2) is 0 Å². The highest BCUT2D eigenvalue weighted by Crippen LogP contribution is 2.29. The predicted octanol–water partition coefficient (Wildman–Crippen LogP) is 3.25. The van der Waals surface area contributed by atoms with Crippen molar-refractivity contribution in [2.24, 2.45) is 0 Å². The second-order valence-corrected chi connectivity index (χ2v) is 5.15. The number of aryl methyl sites for hydroxylation is 1. The number of alkyl halides is 3. The number of phenols is 1. The maximum Gasteiger partial charge on any atom is 0.419 e. The Balaban J connectivity index is 2.21. The van der Waals surface area contributed by atoms with E-state index in [-0.39, 0.29) is 22.8 Å². The van der Waals surface area contributed by atoms with Gasteiger partial charge in [0.25, 0.3) is 0 Å². The Kier molecular flexibility index (Phi) is 3.75. The molecule has 0 fully saturated rings. The normalized spacial score (nSPS) is 11.8. The lowest BCUT2D eigenvalue weighted by molar-refractivity contribution is -0.138. The van der Waals surface area contributed by atoms with Crippen LogP contribution in [0.15, 0.2) is 36.7 Å². The van der Waals surface area contributed by atoms with Crippen LogP contribution in [0.3, 0.4) is 0 Å². The molecule has 0 saturated heterocycles. The van der Waals surface area contributed by atoms with Gasteiger partial charge < -0.3 is 5.11 Å². The summed E-state index contributed by atoms with van der Waals surface area (Å²) >= 11 is 0. The SMILES string of the molecule is CCc1nc2ncc(C(F)(F)F)cn2c1C(=O)c1ccc(O)cc1. The summed E-state index contributed by atoms with van der Waals surface area (Å²) in [5.41, 5.74) is -0.326. The molecule has 0 spiro atoms. The van der Waals surface area contributed by atoms with Crippen LogP contribution in [0, 0.1) is 0 Å². The number of imidazole rings is 1. The minimum Gasteiger partial charge on any atom is -0.508 e. The number of aromatic hydroxyl groups is 1. The highest BCUT2D eigenvalue weighted by atomic mass is 19.4. The Morgan fingerprint density at radius 2 is 1.92 bits per heavy atom. The molecular formula is C16H12F3N3O2. The maximum absolute atomic E-state index is 12.9. The summed E-state index contributed by atoms with van der Waals surface area (Å²) in [4.78, 5) is 20.6. The Labute approximate surface area is 134 Å². The van der Waals surface area contributed by atoms with Gasteiger partial charge in [-0.05, 0) is 30.7 Å². The van der Waals surface area contributed by atoms with Crippen molar-refractivity contribution in [3.63, 3.8) is 0 Å². The third kappa shape index (κ3) is 2.70. The number of phenolic OH excluding ortho intramolecular Hbond substituents is 1. The molecule has 0 aliphatic heterocycles. The predicted molar refractivity (Wildman–Crippen MR) is 78.9 cm³/mol. The molecule has 0 bridgehead atoms. The van der Waals surface area contributed by atoms with E-state index in [9.17, 15) is 23.1 Å². The van der Waals surface area contributed by atoms with E-state index in [1.54, 1.807) is 6.92 Å². The number of fused-ring (bicyclic) bond motifs is 1. The molecule has 0 atom stereocenters. The summed E-state index contributed by atoms with van der Waals surface area (Å²) < 4.78 is 39.8. The quantitative estimate of drug-likeness (QED) is 0.746. The summed E-state index contributed by atoms with van der Waals surface area (Å²) in [7, 11) is 0. The minimum absolute atomic E-state index is 0.0126. The summed E-state index contributed by atoms with van der Waals surface area (Å²) in [5.74, 6) is -0.469. The first kappa shape index (κ1) is 16.0. The average molecular weight is 335 g/mol. The summed E-state index contributed by atoms with van der Waals surface area (Å²) in [6.45, 7) is 1.75. The Bertz CT molecular complexity index is 915. The third-order valence-electron chi connectivity index (χ3n) is 3.56. The fourth-order valence-electron chi connectivity index (χ4n) is 2.36. The molecule has 1 N–H and O–H groups in total. The lowest BCUT2D eigenvalue weighted by atomic mass is 10.1. The van der Waals surface area contributed by atoms with Crippen molar-refractivity contribution in [3.8, 4) is 5.75 Å². The van der Waals surface area contributed by atoms with Crippen LogP contribution < -0.4 is 0 Å². The standard InChI is InChI=1S/C16H12F3N3O2/c1-2-12-13(14(24)9-3-5-11(23)6-4-9)22-8-10(16(17,18)19)7-20-15(22)21-12/h3-8,23H,2H2,1H3. The number of ketones is 1. The van der Waals surface area contributed by atoms with Crippen molar-refractivity contribution in [1.29, 1.82) is 0 Å². The largest absolute Gasteiger partial charge is 0.508 e. The number of benzene rings is 1.